The van der Waals surface area contributed by atoms with E-state index in [1.165, 1.54) is 17.4 Å². The summed E-state index contributed by atoms with van der Waals surface area (Å²) in [7, 11) is -1.99. The monoisotopic (exact) mass is 286 g/mol. The molecule has 7 heteroatoms. The Kier molecular flexibility index (Phi) is 3.36. The maximum Gasteiger partial charge on any atom is 0.189 e. The Morgan fingerprint density at radius 3 is 2.67 bits per heavy atom. The molecule has 0 aliphatic rings. The van der Waals surface area contributed by atoms with Crippen molar-refractivity contribution in [2.45, 2.75) is 4.90 Å². The van der Waals surface area contributed by atoms with E-state index in [0.29, 0.717) is 5.13 Å². The molecule has 0 unspecified atom stereocenters. The van der Waals surface area contributed by atoms with Crippen molar-refractivity contribution in [1.29, 1.82) is 0 Å². The van der Waals surface area contributed by atoms with Crippen LogP contribution in [-0.4, -0.2) is 26.7 Å². The maximum absolute atomic E-state index is 13.7. The van der Waals surface area contributed by atoms with Crippen LogP contribution in [0.15, 0.2) is 34.7 Å². The fourth-order valence-corrected chi connectivity index (χ4v) is 3.24. The molecule has 2 aromatic rings. The SMILES string of the molecule is CN(c1nccs1)c1cccc(F)c1S(C)(=O)=O. The van der Waals surface area contributed by atoms with Crippen molar-refractivity contribution in [3.8, 4) is 0 Å². The molecule has 0 saturated heterocycles. The zero-order chi connectivity index (χ0) is 13.3. The number of hydrogen-bond donors (Lipinski definition) is 0. The molecule has 0 fully saturated rings. The van der Waals surface area contributed by atoms with Gasteiger partial charge in [0, 0.05) is 24.9 Å². The van der Waals surface area contributed by atoms with Gasteiger partial charge in [-0.25, -0.2) is 17.8 Å². The minimum absolute atomic E-state index is 0.285. The van der Waals surface area contributed by atoms with E-state index in [2.05, 4.69) is 4.98 Å². The zero-order valence-electron chi connectivity index (χ0n) is 9.79. The van der Waals surface area contributed by atoms with Crippen LogP contribution in [0.4, 0.5) is 15.2 Å². The molecule has 0 saturated carbocycles. The lowest BCUT2D eigenvalue weighted by Crippen LogP contribution is -2.14. The first-order valence-electron chi connectivity index (χ1n) is 5.03. The third kappa shape index (κ3) is 2.37. The second-order valence-corrected chi connectivity index (χ2v) is 6.56. The smallest absolute Gasteiger partial charge is 0.189 e. The van der Waals surface area contributed by atoms with Crippen LogP contribution in [-0.2, 0) is 9.84 Å². The minimum atomic E-state index is -3.64. The topological polar surface area (TPSA) is 50.3 Å². The van der Waals surface area contributed by atoms with Crippen LogP contribution in [0.3, 0.4) is 0 Å². The molecule has 2 rings (SSSR count). The molecular weight excluding hydrogens is 275 g/mol. The number of rotatable bonds is 3. The molecule has 1 aromatic heterocycles. The molecule has 0 radical (unpaired) electrons. The number of halogens is 1. The van der Waals surface area contributed by atoms with Gasteiger partial charge in [-0.15, -0.1) is 11.3 Å². The van der Waals surface area contributed by atoms with E-state index in [0.717, 1.165) is 12.3 Å². The van der Waals surface area contributed by atoms with Crippen molar-refractivity contribution >= 4 is 32.0 Å². The fourth-order valence-electron chi connectivity index (χ4n) is 1.61. The molecule has 96 valence electrons. The van der Waals surface area contributed by atoms with E-state index >= 15 is 0 Å². The van der Waals surface area contributed by atoms with Crippen molar-refractivity contribution < 1.29 is 12.8 Å². The highest BCUT2D eigenvalue weighted by atomic mass is 32.2. The average molecular weight is 286 g/mol. The van der Waals surface area contributed by atoms with Gasteiger partial charge >= 0.3 is 0 Å². The largest absolute Gasteiger partial charge is 0.320 e. The number of thiazole rings is 1. The van der Waals surface area contributed by atoms with Crippen LogP contribution in [0.1, 0.15) is 0 Å². The number of sulfone groups is 1. The number of aromatic nitrogens is 1. The molecule has 4 nitrogen and oxygen atoms in total. The fraction of sp³-hybridized carbons (Fsp3) is 0.182. The van der Waals surface area contributed by atoms with Gasteiger partial charge in [0.25, 0.3) is 0 Å². The van der Waals surface area contributed by atoms with E-state index in [1.54, 1.807) is 29.6 Å². The summed E-state index contributed by atoms with van der Waals surface area (Å²) >= 11 is 1.35. The molecule has 0 amide bonds. The molecule has 1 aromatic carbocycles. The third-order valence-corrected chi connectivity index (χ3v) is 4.38. The van der Waals surface area contributed by atoms with Gasteiger partial charge in [-0.3, -0.25) is 0 Å². The van der Waals surface area contributed by atoms with Crippen LogP contribution in [0.5, 0.6) is 0 Å². The lowest BCUT2D eigenvalue weighted by atomic mass is 10.3. The van der Waals surface area contributed by atoms with E-state index in [9.17, 15) is 12.8 Å². The van der Waals surface area contributed by atoms with Crippen LogP contribution in [0.25, 0.3) is 0 Å². The van der Waals surface area contributed by atoms with Gasteiger partial charge in [0.1, 0.15) is 10.7 Å². The number of hydrogen-bond acceptors (Lipinski definition) is 5. The van der Waals surface area contributed by atoms with Crippen molar-refractivity contribution in [1.82, 2.24) is 4.98 Å². The summed E-state index contributed by atoms with van der Waals surface area (Å²) in [5, 5.41) is 2.37. The average Bonchev–Trinajstić information content (AvgIpc) is 2.79. The highest BCUT2D eigenvalue weighted by Gasteiger charge is 2.22. The summed E-state index contributed by atoms with van der Waals surface area (Å²) in [6, 6.07) is 4.17. The molecule has 18 heavy (non-hydrogen) atoms. The van der Waals surface area contributed by atoms with E-state index in [4.69, 9.17) is 0 Å². The standard InChI is InChI=1S/C11H11FN2O2S2/c1-14(11-13-6-7-17-11)9-5-3-4-8(12)10(9)18(2,15)16/h3-7H,1-2H3. The molecule has 0 aliphatic carbocycles. The summed E-state index contributed by atoms with van der Waals surface area (Å²) in [5.74, 6) is -0.751. The molecule has 0 N–H and O–H groups in total. The van der Waals surface area contributed by atoms with Gasteiger partial charge in [0.15, 0.2) is 15.0 Å². The maximum atomic E-state index is 13.7. The summed E-state index contributed by atoms with van der Waals surface area (Å²) in [6.45, 7) is 0. The Labute approximate surface area is 109 Å². The van der Waals surface area contributed by atoms with Crippen molar-refractivity contribution in [3.05, 3.63) is 35.6 Å². The zero-order valence-corrected chi connectivity index (χ0v) is 11.4. The Bertz CT molecular complexity index is 654. The Morgan fingerprint density at radius 1 is 1.39 bits per heavy atom. The Morgan fingerprint density at radius 2 is 2.11 bits per heavy atom. The van der Waals surface area contributed by atoms with Crippen LogP contribution >= 0.6 is 11.3 Å². The van der Waals surface area contributed by atoms with Crippen molar-refractivity contribution in [3.63, 3.8) is 0 Å². The lowest BCUT2D eigenvalue weighted by molar-refractivity contribution is 0.571. The first-order chi connectivity index (χ1) is 8.41. The highest BCUT2D eigenvalue weighted by Crippen LogP contribution is 2.32. The van der Waals surface area contributed by atoms with Crippen LogP contribution < -0.4 is 4.90 Å². The first kappa shape index (κ1) is 13.0. The van der Waals surface area contributed by atoms with Gasteiger partial charge in [-0.1, -0.05) is 6.07 Å². The molecule has 0 spiro atoms. The molecule has 1 heterocycles. The van der Waals surface area contributed by atoms with Gasteiger partial charge in [-0.2, -0.15) is 0 Å². The predicted octanol–water partition coefficient (Wildman–Crippen LogP) is 2.45. The first-order valence-corrected chi connectivity index (χ1v) is 7.80. The molecule has 0 atom stereocenters. The summed E-state index contributed by atoms with van der Waals surface area (Å²) in [5.41, 5.74) is 0.285. The van der Waals surface area contributed by atoms with E-state index in [-0.39, 0.29) is 10.6 Å². The number of anilines is 2. The Hall–Kier alpha value is -1.47. The molecular formula is C11H11FN2O2S2. The molecule has 0 aliphatic heterocycles. The molecule has 0 bridgehead atoms. The van der Waals surface area contributed by atoms with Crippen LogP contribution in [0.2, 0.25) is 0 Å². The summed E-state index contributed by atoms with van der Waals surface area (Å²) < 4.78 is 37.1. The Balaban J connectivity index is 2.62. The normalized spacial score (nSPS) is 11.5. The third-order valence-electron chi connectivity index (χ3n) is 2.38. The second-order valence-electron chi connectivity index (χ2n) is 3.73. The second kappa shape index (κ2) is 4.66. The quantitative estimate of drug-likeness (QED) is 0.869. The minimum Gasteiger partial charge on any atom is -0.320 e. The lowest BCUT2D eigenvalue weighted by Gasteiger charge is -2.19. The highest BCUT2D eigenvalue weighted by molar-refractivity contribution is 7.90. The number of benzene rings is 1. The summed E-state index contributed by atoms with van der Waals surface area (Å²) in [6.07, 6.45) is 2.60. The van der Waals surface area contributed by atoms with Gasteiger partial charge in [0.05, 0.1) is 5.69 Å². The van der Waals surface area contributed by atoms with Gasteiger partial charge in [0.2, 0.25) is 0 Å². The predicted molar refractivity (Wildman–Crippen MR) is 69.7 cm³/mol. The van der Waals surface area contributed by atoms with Gasteiger partial charge < -0.3 is 4.90 Å². The van der Waals surface area contributed by atoms with E-state index < -0.39 is 15.7 Å². The van der Waals surface area contributed by atoms with Crippen molar-refractivity contribution in [2.75, 3.05) is 18.2 Å². The van der Waals surface area contributed by atoms with Crippen molar-refractivity contribution in [2.24, 2.45) is 0 Å². The van der Waals surface area contributed by atoms with Gasteiger partial charge in [-0.05, 0) is 12.1 Å². The summed E-state index contributed by atoms with van der Waals surface area (Å²) in [4.78, 5) is 5.33. The van der Waals surface area contributed by atoms with Crippen LogP contribution in [0, 0.1) is 5.82 Å². The van der Waals surface area contributed by atoms with E-state index in [1.807, 2.05) is 0 Å². The number of nitrogens with zero attached hydrogens (tertiary/aromatic N) is 2.